The number of alkyl halides is 5. The van der Waals surface area contributed by atoms with Crippen LogP contribution in [0.5, 0.6) is 0 Å². The first-order valence-electron chi connectivity index (χ1n) is 8.12. The van der Waals surface area contributed by atoms with E-state index in [9.17, 15) is 36.3 Å². The fourth-order valence-electron chi connectivity index (χ4n) is 1.88. The molecule has 2 amide bonds. The minimum Gasteiger partial charge on any atom is -0.464 e. The zero-order valence-electron chi connectivity index (χ0n) is 15.5. The zero-order valence-corrected chi connectivity index (χ0v) is 17.2. The van der Waals surface area contributed by atoms with Gasteiger partial charge in [-0.15, -0.1) is 0 Å². The van der Waals surface area contributed by atoms with Crippen LogP contribution < -0.4 is 10.6 Å². The molecule has 0 heterocycles. The molecule has 164 valence electrons. The summed E-state index contributed by atoms with van der Waals surface area (Å²) in [4.78, 5) is 35.7. The summed E-state index contributed by atoms with van der Waals surface area (Å²) in [5.74, 6) is -9.43. The maximum atomic E-state index is 13.2. The van der Waals surface area contributed by atoms with Crippen LogP contribution in [0, 0.1) is 0 Å². The molecule has 0 aromatic carbocycles. The van der Waals surface area contributed by atoms with Crippen LogP contribution in [0.1, 0.15) is 19.8 Å². The number of hydrogen-bond acceptors (Lipinski definition) is 6. The summed E-state index contributed by atoms with van der Waals surface area (Å²) < 4.78 is 68.2. The van der Waals surface area contributed by atoms with Gasteiger partial charge in [-0.25, -0.2) is 4.79 Å². The smallest absolute Gasteiger partial charge is 0.463 e. The zero-order chi connectivity index (χ0) is 22.0. The molecule has 0 aromatic heterocycles. The third-order valence-electron chi connectivity index (χ3n) is 3.37. The van der Waals surface area contributed by atoms with Crippen molar-refractivity contribution >= 4 is 41.3 Å². The normalized spacial score (nSPS) is 14.1. The van der Waals surface area contributed by atoms with Crippen molar-refractivity contribution in [1.29, 1.82) is 0 Å². The summed E-state index contributed by atoms with van der Waals surface area (Å²) in [6.07, 6.45) is -2.76. The number of carbonyl (C=O) groups is 3. The second kappa shape index (κ2) is 12.3. The van der Waals surface area contributed by atoms with Crippen molar-refractivity contribution < 1.29 is 41.1 Å². The van der Waals surface area contributed by atoms with Crippen molar-refractivity contribution in [2.24, 2.45) is 0 Å². The van der Waals surface area contributed by atoms with E-state index < -0.39 is 42.0 Å². The van der Waals surface area contributed by atoms with Crippen molar-refractivity contribution in [1.82, 2.24) is 10.6 Å². The van der Waals surface area contributed by atoms with Gasteiger partial charge in [0.2, 0.25) is 5.91 Å². The van der Waals surface area contributed by atoms with E-state index in [0.717, 1.165) is 0 Å². The molecule has 0 spiro atoms. The number of rotatable bonds is 12. The van der Waals surface area contributed by atoms with Crippen LogP contribution in [-0.2, 0) is 19.1 Å². The summed E-state index contributed by atoms with van der Waals surface area (Å²) >= 11 is 2.57. The molecule has 13 heteroatoms. The number of thioether (sulfide) groups is 2. The van der Waals surface area contributed by atoms with Gasteiger partial charge in [0.15, 0.2) is 0 Å². The Labute approximate surface area is 168 Å². The van der Waals surface area contributed by atoms with Gasteiger partial charge in [-0.3, -0.25) is 9.59 Å². The molecule has 0 aliphatic carbocycles. The maximum Gasteiger partial charge on any atom is 0.463 e. The Morgan fingerprint density at radius 1 is 0.929 bits per heavy atom. The molecule has 2 atom stereocenters. The molecular weight excluding hydrogens is 431 g/mol. The van der Waals surface area contributed by atoms with Crippen LogP contribution in [0.4, 0.5) is 22.0 Å². The van der Waals surface area contributed by atoms with Crippen LogP contribution in [0.2, 0.25) is 0 Å². The van der Waals surface area contributed by atoms with Gasteiger partial charge in [0.25, 0.3) is 0 Å². The van der Waals surface area contributed by atoms with E-state index in [1.165, 1.54) is 28.8 Å². The number of carbonyl (C=O) groups excluding carboxylic acids is 3. The van der Waals surface area contributed by atoms with Crippen molar-refractivity contribution in [2.45, 2.75) is 43.9 Å². The number of ether oxygens (including phenoxy) is 1. The minimum absolute atomic E-state index is 0.0366. The monoisotopic (exact) mass is 454 g/mol. The minimum atomic E-state index is -6.09. The Morgan fingerprint density at radius 2 is 1.43 bits per heavy atom. The largest absolute Gasteiger partial charge is 0.464 e. The summed E-state index contributed by atoms with van der Waals surface area (Å²) in [6.45, 7) is 1.58. The van der Waals surface area contributed by atoms with Crippen molar-refractivity contribution in [2.75, 3.05) is 30.6 Å². The lowest BCUT2D eigenvalue weighted by molar-refractivity contribution is -0.270. The summed E-state index contributed by atoms with van der Waals surface area (Å²) in [7, 11) is 0. The maximum absolute atomic E-state index is 13.2. The van der Waals surface area contributed by atoms with E-state index in [0.29, 0.717) is 5.75 Å². The Morgan fingerprint density at radius 3 is 1.86 bits per heavy atom. The molecule has 2 N–H and O–H groups in total. The van der Waals surface area contributed by atoms with Gasteiger partial charge in [0, 0.05) is 0 Å². The fourth-order valence-corrected chi connectivity index (χ4v) is 2.82. The van der Waals surface area contributed by atoms with Gasteiger partial charge >= 0.3 is 24.0 Å². The highest BCUT2D eigenvalue weighted by atomic mass is 32.2. The number of halogens is 5. The van der Waals surface area contributed by atoms with Crippen LogP contribution >= 0.6 is 23.5 Å². The molecule has 2 unspecified atom stereocenters. The third kappa shape index (κ3) is 8.41. The second-order valence-electron chi connectivity index (χ2n) is 5.47. The van der Waals surface area contributed by atoms with E-state index in [1.54, 1.807) is 19.4 Å². The molecule has 0 radical (unpaired) electrons. The Hall–Kier alpha value is -1.24. The summed E-state index contributed by atoms with van der Waals surface area (Å²) in [6, 6.07) is -2.78. The van der Waals surface area contributed by atoms with Crippen LogP contribution in [-0.4, -0.2) is 72.6 Å². The van der Waals surface area contributed by atoms with Gasteiger partial charge in [-0.2, -0.15) is 45.5 Å². The van der Waals surface area contributed by atoms with E-state index >= 15 is 0 Å². The van der Waals surface area contributed by atoms with Crippen LogP contribution in [0.25, 0.3) is 0 Å². The first kappa shape index (κ1) is 26.8. The molecule has 0 saturated heterocycles. The molecule has 0 bridgehead atoms. The average molecular weight is 454 g/mol. The molecule has 6 nitrogen and oxygen atoms in total. The number of nitrogens with one attached hydrogen (secondary N) is 2. The average Bonchev–Trinajstić information content (AvgIpc) is 2.60. The molecule has 0 aromatic rings. The Balaban J connectivity index is 5.32. The molecule has 0 saturated carbocycles. The van der Waals surface area contributed by atoms with E-state index in [1.807, 2.05) is 0 Å². The van der Waals surface area contributed by atoms with Gasteiger partial charge in [0.05, 0.1) is 6.61 Å². The molecule has 28 heavy (non-hydrogen) atoms. The summed E-state index contributed by atoms with van der Waals surface area (Å²) in [5.41, 5.74) is 0. The highest BCUT2D eigenvalue weighted by Gasteiger charge is 2.63. The third-order valence-corrected chi connectivity index (χ3v) is 4.66. The van der Waals surface area contributed by atoms with Gasteiger partial charge < -0.3 is 15.4 Å². The Kier molecular flexibility index (Phi) is 11.8. The highest BCUT2D eigenvalue weighted by Crippen LogP contribution is 2.35. The fraction of sp³-hybridized carbons (Fsp3) is 0.800. The van der Waals surface area contributed by atoms with Crippen molar-refractivity contribution in [3.05, 3.63) is 0 Å². The summed E-state index contributed by atoms with van der Waals surface area (Å²) in [5, 5.41) is 3.70. The van der Waals surface area contributed by atoms with E-state index in [-0.39, 0.29) is 25.2 Å². The molecule has 0 aliphatic heterocycles. The van der Waals surface area contributed by atoms with E-state index in [4.69, 9.17) is 4.74 Å². The molecule has 0 rings (SSSR count). The second-order valence-corrected chi connectivity index (χ2v) is 7.45. The van der Waals surface area contributed by atoms with Gasteiger partial charge in [-0.1, -0.05) is 0 Å². The molecular formula is C15H23F5N2O4S2. The van der Waals surface area contributed by atoms with Crippen LogP contribution in [0.15, 0.2) is 0 Å². The first-order chi connectivity index (χ1) is 12.9. The quantitative estimate of drug-likeness (QED) is 0.348. The van der Waals surface area contributed by atoms with E-state index in [2.05, 4.69) is 5.32 Å². The van der Waals surface area contributed by atoms with Crippen molar-refractivity contribution in [3.63, 3.8) is 0 Å². The predicted molar refractivity (Wildman–Crippen MR) is 97.5 cm³/mol. The topological polar surface area (TPSA) is 84.5 Å². The van der Waals surface area contributed by atoms with Crippen molar-refractivity contribution in [3.8, 4) is 0 Å². The SMILES string of the molecule is CCOC(=O)C(CCSC)NC(=O)C(CCSC)NC(=O)C(F)(F)C(F)(F)F. The highest BCUT2D eigenvalue weighted by molar-refractivity contribution is 7.98. The predicted octanol–water partition coefficient (Wildman–Crippen LogP) is 2.22. The first-order valence-corrected chi connectivity index (χ1v) is 10.9. The number of amides is 2. The lowest BCUT2D eigenvalue weighted by Gasteiger charge is -2.25. The number of hydrogen-bond donors (Lipinski definition) is 2. The number of esters is 1. The molecule has 0 aliphatic rings. The lowest BCUT2D eigenvalue weighted by atomic mass is 10.1. The Bertz CT molecular complexity index is 535. The standard InChI is InChI=1S/C15H23F5N2O4S2/c1-4-26-12(24)10(6-8-28-3)21-11(23)9(5-7-27-2)22-13(25)14(16,17)15(18,19)20/h9-10H,4-8H2,1-3H3,(H,21,23)(H,22,25). The van der Waals surface area contributed by atoms with Gasteiger partial charge in [0.1, 0.15) is 12.1 Å². The molecule has 0 fully saturated rings. The van der Waals surface area contributed by atoms with Gasteiger partial charge in [-0.05, 0) is 43.8 Å². The lowest BCUT2D eigenvalue weighted by Crippen LogP contribution is -2.58. The van der Waals surface area contributed by atoms with Crippen LogP contribution in [0.3, 0.4) is 0 Å².